The van der Waals surface area contributed by atoms with Gasteiger partial charge in [0.1, 0.15) is 5.82 Å². The van der Waals surface area contributed by atoms with E-state index in [1.54, 1.807) is 6.07 Å². The van der Waals surface area contributed by atoms with Crippen molar-refractivity contribution < 1.29 is 9.18 Å². The summed E-state index contributed by atoms with van der Waals surface area (Å²) in [6.45, 7) is 8.75. The zero-order chi connectivity index (χ0) is 14.5. The van der Waals surface area contributed by atoms with Crippen LogP contribution >= 0.6 is 0 Å². The number of hydrogen-bond acceptors (Lipinski definition) is 2. The molecule has 2 heterocycles. The van der Waals surface area contributed by atoms with Crippen LogP contribution in [-0.4, -0.2) is 36.0 Å². The Hall–Kier alpha value is -1.42. The maximum Gasteiger partial charge on any atom is 0.254 e. The maximum absolute atomic E-state index is 13.5. The fourth-order valence-corrected chi connectivity index (χ4v) is 3.78. The van der Waals surface area contributed by atoms with E-state index >= 15 is 0 Å². The van der Waals surface area contributed by atoms with E-state index in [-0.39, 0.29) is 17.3 Å². The van der Waals surface area contributed by atoms with Crippen LogP contribution in [0.5, 0.6) is 0 Å². The molecular formula is C16H21FN2O. The smallest absolute Gasteiger partial charge is 0.254 e. The van der Waals surface area contributed by atoms with Gasteiger partial charge in [0.15, 0.2) is 0 Å². The maximum atomic E-state index is 13.5. The molecule has 1 aromatic rings. The van der Waals surface area contributed by atoms with Gasteiger partial charge < -0.3 is 10.2 Å². The molecule has 2 fully saturated rings. The first kappa shape index (κ1) is 13.6. The molecule has 0 aromatic heterocycles. The number of hydrogen-bond donors (Lipinski definition) is 1. The number of nitrogens with one attached hydrogen (secondary N) is 1. The van der Waals surface area contributed by atoms with E-state index in [9.17, 15) is 9.18 Å². The molecule has 2 unspecified atom stereocenters. The van der Waals surface area contributed by atoms with E-state index in [1.807, 2.05) is 11.8 Å². The molecule has 0 saturated carbocycles. The van der Waals surface area contributed by atoms with Gasteiger partial charge in [-0.15, -0.1) is 0 Å². The van der Waals surface area contributed by atoms with Gasteiger partial charge in [-0.3, -0.25) is 4.79 Å². The summed E-state index contributed by atoms with van der Waals surface area (Å²) in [5.41, 5.74) is 1.07. The summed E-state index contributed by atoms with van der Waals surface area (Å²) in [5.74, 6) is 0.615. The predicted octanol–water partition coefficient (Wildman–Crippen LogP) is 2.20. The fraction of sp³-hybridized carbons (Fsp3) is 0.562. The van der Waals surface area contributed by atoms with Crippen molar-refractivity contribution in [1.29, 1.82) is 0 Å². The highest BCUT2D eigenvalue weighted by Crippen LogP contribution is 2.41. The molecule has 2 saturated heterocycles. The summed E-state index contributed by atoms with van der Waals surface area (Å²) < 4.78 is 13.5. The zero-order valence-corrected chi connectivity index (χ0v) is 12.2. The minimum atomic E-state index is -0.341. The van der Waals surface area contributed by atoms with Crippen LogP contribution in [0.15, 0.2) is 18.2 Å². The zero-order valence-electron chi connectivity index (χ0n) is 12.2. The number of halogens is 1. The molecular weight excluding hydrogens is 255 g/mol. The predicted molar refractivity (Wildman–Crippen MR) is 76.1 cm³/mol. The van der Waals surface area contributed by atoms with E-state index in [4.69, 9.17) is 0 Å². The number of likely N-dealkylation sites (tertiary alicyclic amines) is 1. The Morgan fingerprint density at radius 3 is 2.75 bits per heavy atom. The number of aryl methyl sites for hydroxylation is 1. The van der Waals surface area contributed by atoms with Gasteiger partial charge in [-0.05, 0) is 56.4 Å². The Morgan fingerprint density at radius 1 is 1.35 bits per heavy atom. The van der Waals surface area contributed by atoms with Gasteiger partial charge in [0, 0.05) is 30.7 Å². The quantitative estimate of drug-likeness (QED) is 0.853. The van der Waals surface area contributed by atoms with Crippen LogP contribution in [0.2, 0.25) is 0 Å². The van der Waals surface area contributed by atoms with Crippen LogP contribution in [0, 0.1) is 24.6 Å². The summed E-state index contributed by atoms with van der Waals surface area (Å²) in [7, 11) is 0. The molecule has 3 rings (SSSR count). The third kappa shape index (κ3) is 2.03. The number of benzene rings is 1. The monoisotopic (exact) mass is 276 g/mol. The van der Waals surface area contributed by atoms with Crippen molar-refractivity contribution >= 4 is 5.91 Å². The molecule has 0 bridgehead atoms. The van der Waals surface area contributed by atoms with Crippen LogP contribution in [0.4, 0.5) is 4.39 Å². The molecule has 0 aliphatic carbocycles. The third-order valence-electron chi connectivity index (χ3n) is 4.89. The summed E-state index contributed by atoms with van der Waals surface area (Å²) in [4.78, 5) is 14.7. The second kappa shape index (κ2) is 4.55. The lowest BCUT2D eigenvalue weighted by Crippen LogP contribution is -2.47. The SMILES string of the molecule is Cc1cc(F)cc(C(=O)N2CC3CNCC3C2(C)C)c1. The second-order valence-electron chi connectivity index (χ2n) is 6.61. The minimum absolute atomic E-state index is 0.0491. The highest BCUT2D eigenvalue weighted by molar-refractivity contribution is 5.95. The average Bonchev–Trinajstić information content (AvgIpc) is 2.90. The van der Waals surface area contributed by atoms with Crippen molar-refractivity contribution in [3.05, 3.63) is 35.1 Å². The lowest BCUT2D eigenvalue weighted by Gasteiger charge is -2.35. The Labute approximate surface area is 119 Å². The number of nitrogens with zero attached hydrogens (tertiary/aromatic N) is 1. The van der Waals surface area contributed by atoms with E-state index < -0.39 is 0 Å². The summed E-state index contributed by atoms with van der Waals surface area (Å²) in [5, 5.41) is 3.40. The molecule has 4 heteroatoms. The third-order valence-corrected chi connectivity index (χ3v) is 4.89. The first-order chi connectivity index (χ1) is 9.39. The van der Waals surface area contributed by atoms with Crippen LogP contribution in [0.3, 0.4) is 0 Å². The summed E-state index contributed by atoms with van der Waals surface area (Å²) >= 11 is 0. The molecule has 2 atom stereocenters. The Kier molecular flexibility index (Phi) is 3.09. The van der Waals surface area contributed by atoms with Crippen molar-refractivity contribution in [2.75, 3.05) is 19.6 Å². The van der Waals surface area contributed by atoms with Crippen LogP contribution in [-0.2, 0) is 0 Å². The average molecular weight is 276 g/mol. The van der Waals surface area contributed by atoms with Crippen LogP contribution in [0.1, 0.15) is 29.8 Å². The van der Waals surface area contributed by atoms with Gasteiger partial charge in [-0.2, -0.15) is 0 Å². The van der Waals surface area contributed by atoms with E-state index in [2.05, 4.69) is 19.2 Å². The first-order valence-electron chi connectivity index (χ1n) is 7.19. The number of amides is 1. The molecule has 1 amide bonds. The van der Waals surface area contributed by atoms with E-state index in [0.29, 0.717) is 17.4 Å². The summed E-state index contributed by atoms with van der Waals surface area (Å²) in [6, 6.07) is 4.57. The molecule has 1 N–H and O–H groups in total. The van der Waals surface area contributed by atoms with Gasteiger partial charge in [-0.1, -0.05) is 0 Å². The minimum Gasteiger partial charge on any atom is -0.333 e. The van der Waals surface area contributed by atoms with Crippen molar-refractivity contribution in [2.45, 2.75) is 26.3 Å². The molecule has 0 spiro atoms. The van der Waals surface area contributed by atoms with E-state index in [1.165, 1.54) is 12.1 Å². The van der Waals surface area contributed by atoms with E-state index in [0.717, 1.165) is 25.2 Å². The van der Waals surface area contributed by atoms with Gasteiger partial charge in [0.05, 0.1) is 0 Å². The second-order valence-corrected chi connectivity index (χ2v) is 6.61. The van der Waals surface area contributed by atoms with Gasteiger partial charge >= 0.3 is 0 Å². The first-order valence-corrected chi connectivity index (χ1v) is 7.19. The summed E-state index contributed by atoms with van der Waals surface area (Å²) in [6.07, 6.45) is 0. The molecule has 1 aromatic carbocycles. The topological polar surface area (TPSA) is 32.3 Å². The fourth-order valence-electron chi connectivity index (χ4n) is 3.78. The van der Waals surface area contributed by atoms with Crippen LogP contribution in [0.25, 0.3) is 0 Å². The van der Waals surface area contributed by atoms with Gasteiger partial charge in [-0.25, -0.2) is 4.39 Å². The Morgan fingerprint density at radius 2 is 2.10 bits per heavy atom. The highest BCUT2D eigenvalue weighted by Gasteiger charge is 2.51. The Bertz CT molecular complexity index is 535. The van der Waals surface area contributed by atoms with Crippen molar-refractivity contribution in [3.8, 4) is 0 Å². The number of carbonyl (C=O) groups is 1. The molecule has 2 aliphatic heterocycles. The number of carbonyl (C=O) groups excluding carboxylic acids is 1. The van der Waals surface area contributed by atoms with Crippen LogP contribution < -0.4 is 5.32 Å². The van der Waals surface area contributed by atoms with Gasteiger partial charge in [0.2, 0.25) is 0 Å². The molecule has 20 heavy (non-hydrogen) atoms. The molecule has 3 nitrogen and oxygen atoms in total. The molecule has 2 aliphatic rings. The highest BCUT2D eigenvalue weighted by atomic mass is 19.1. The van der Waals surface area contributed by atoms with Crippen molar-refractivity contribution in [3.63, 3.8) is 0 Å². The lowest BCUT2D eigenvalue weighted by molar-refractivity contribution is 0.0602. The van der Waals surface area contributed by atoms with Crippen molar-refractivity contribution in [2.24, 2.45) is 11.8 Å². The number of fused-ring (bicyclic) bond motifs is 1. The Balaban J connectivity index is 1.91. The van der Waals surface area contributed by atoms with Gasteiger partial charge in [0.25, 0.3) is 5.91 Å². The lowest BCUT2D eigenvalue weighted by atomic mass is 9.84. The largest absolute Gasteiger partial charge is 0.333 e. The molecule has 108 valence electrons. The van der Waals surface area contributed by atoms with Crippen molar-refractivity contribution in [1.82, 2.24) is 10.2 Å². The normalized spacial score (nSPS) is 27.7. The number of rotatable bonds is 1. The standard InChI is InChI=1S/C16H21FN2O/c1-10-4-11(6-13(17)5-10)15(20)19-9-12-7-18-8-14(12)16(19,2)3/h4-6,12,14,18H,7-9H2,1-3H3. The molecule has 0 radical (unpaired) electrons.